The highest BCUT2D eigenvalue weighted by molar-refractivity contribution is 9.10. The normalized spacial score (nSPS) is 31.2. The van der Waals surface area contributed by atoms with E-state index in [0.29, 0.717) is 5.69 Å². The molecule has 0 aromatic heterocycles. The fraction of sp³-hybridized carbons (Fsp3) is 0.467. The number of amides is 1. The monoisotopic (exact) mass is 337 g/mol. The molecule has 5 heteroatoms. The first-order chi connectivity index (χ1) is 9.56. The number of halogens is 1. The van der Waals surface area contributed by atoms with Crippen LogP contribution in [0.4, 0.5) is 5.69 Å². The van der Waals surface area contributed by atoms with Crippen LogP contribution in [0.1, 0.15) is 19.3 Å². The molecule has 4 atom stereocenters. The summed E-state index contributed by atoms with van der Waals surface area (Å²) in [7, 11) is 0. The zero-order valence-electron chi connectivity index (χ0n) is 10.9. The smallest absolute Gasteiger partial charge is 0.307 e. The van der Waals surface area contributed by atoms with Gasteiger partial charge in [0.1, 0.15) is 0 Å². The van der Waals surface area contributed by atoms with Crippen LogP contribution in [0.25, 0.3) is 0 Å². The Kier molecular flexibility index (Phi) is 3.54. The van der Waals surface area contributed by atoms with Crippen LogP contribution in [0.2, 0.25) is 0 Å². The Labute approximate surface area is 125 Å². The van der Waals surface area contributed by atoms with Gasteiger partial charge < -0.3 is 10.4 Å². The molecule has 2 saturated carbocycles. The van der Waals surface area contributed by atoms with Crippen molar-refractivity contribution in [3.63, 3.8) is 0 Å². The van der Waals surface area contributed by atoms with Crippen LogP contribution >= 0.6 is 15.9 Å². The highest BCUT2D eigenvalue weighted by Gasteiger charge is 2.53. The van der Waals surface area contributed by atoms with Crippen LogP contribution in [0, 0.1) is 23.7 Å². The minimum atomic E-state index is -0.826. The Hall–Kier alpha value is -1.36. The predicted octanol–water partition coefficient (Wildman–Crippen LogP) is 3.13. The molecule has 2 bridgehead atoms. The average Bonchev–Trinajstić information content (AvgIpc) is 3.01. The van der Waals surface area contributed by atoms with E-state index in [1.54, 1.807) is 0 Å². The Morgan fingerprint density at radius 2 is 1.70 bits per heavy atom. The number of aliphatic carboxylic acids is 1. The molecule has 4 nitrogen and oxygen atoms in total. The van der Waals surface area contributed by atoms with Gasteiger partial charge >= 0.3 is 5.97 Å². The fourth-order valence-corrected chi connectivity index (χ4v) is 4.05. The number of hydrogen-bond acceptors (Lipinski definition) is 2. The van der Waals surface area contributed by atoms with E-state index >= 15 is 0 Å². The van der Waals surface area contributed by atoms with Crippen molar-refractivity contribution in [2.75, 3.05) is 5.32 Å². The van der Waals surface area contributed by atoms with Crippen molar-refractivity contribution >= 4 is 33.5 Å². The van der Waals surface area contributed by atoms with Gasteiger partial charge in [0.05, 0.1) is 11.8 Å². The number of carboxylic acid groups (broad SMARTS) is 1. The molecule has 1 amide bonds. The number of hydrogen-bond donors (Lipinski definition) is 2. The van der Waals surface area contributed by atoms with Gasteiger partial charge in [-0.3, -0.25) is 9.59 Å². The Bertz CT molecular complexity index is 543. The van der Waals surface area contributed by atoms with Crippen molar-refractivity contribution in [2.24, 2.45) is 23.7 Å². The number of anilines is 1. The molecule has 0 unspecified atom stereocenters. The fourth-order valence-electron chi connectivity index (χ4n) is 3.78. The molecule has 0 heterocycles. The van der Waals surface area contributed by atoms with Crippen LogP contribution in [0.3, 0.4) is 0 Å². The van der Waals surface area contributed by atoms with Gasteiger partial charge in [-0.2, -0.15) is 0 Å². The lowest BCUT2D eigenvalue weighted by molar-refractivity contribution is -0.148. The van der Waals surface area contributed by atoms with Gasteiger partial charge in [-0.15, -0.1) is 0 Å². The maximum Gasteiger partial charge on any atom is 0.307 e. The number of rotatable bonds is 3. The summed E-state index contributed by atoms with van der Waals surface area (Å²) in [5.41, 5.74) is 0.713. The molecular weight excluding hydrogens is 322 g/mol. The maximum absolute atomic E-state index is 12.4. The zero-order valence-corrected chi connectivity index (χ0v) is 12.5. The van der Waals surface area contributed by atoms with Gasteiger partial charge in [-0.05, 0) is 55.4 Å². The second kappa shape index (κ2) is 5.20. The highest BCUT2D eigenvalue weighted by Crippen LogP contribution is 2.52. The van der Waals surface area contributed by atoms with Crippen molar-refractivity contribution in [3.05, 3.63) is 28.7 Å². The molecule has 0 saturated heterocycles. The van der Waals surface area contributed by atoms with E-state index in [0.717, 1.165) is 23.7 Å². The van der Waals surface area contributed by atoms with E-state index in [4.69, 9.17) is 0 Å². The lowest BCUT2D eigenvalue weighted by Gasteiger charge is -2.27. The Balaban J connectivity index is 1.76. The maximum atomic E-state index is 12.4. The topological polar surface area (TPSA) is 66.4 Å². The van der Waals surface area contributed by atoms with Gasteiger partial charge in [-0.1, -0.05) is 15.9 Å². The van der Waals surface area contributed by atoms with Crippen molar-refractivity contribution in [1.29, 1.82) is 0 Å². The minimum Gasteiger partial charge on any atom is -0.481 e. The molecule has 20 heavy (non-hydrogen) atoms. The molecule has 1 aromatic carbocycles. The van der Waals surface area contributed by atoms with E-state index in [1.165, 1.54) is 0 Å². The summed E-state index contributed by atoms with van der Waals surface area (Å²) in [5.74, 6) is -1.45. The third-order valence-electron chi connectivity index (χ3n) is 4.62. The number of carboxylic acids is 1. The van der Waals surface area contributed by atoms with E-state index in [2.05, 4.69) is 21.2 Å². The van der Waals surface area contributed by atoms with Crippen LogP contribution in [-0.4, -0.2) is 17.0 Å². The second-order valence-electron chi connectivity index (χ2n) is 5.72. The summed E-state index contributed by atoms with van der Waals surface area (Å²) >= 11 is 3.34. The molecule has 2 aliphatic rings. The summed E-state index contributed by atoms with van der Waals surface area (Å²) in [6.45, 7) is 0. The first-order valence-electron chi connectivity index (χ1n) is 6.85. The molecule has 0 radical (unpaired) electrons. The summed E-state index contributed by atoms with van der Waals surface area (Å²) < 4.78 is 0.943. The first kappa shape index (κ1) is 13.6. The van der Waals surface area contributed by atoms with Crippen molar-refractivity contribution < 1.29 is 14.7 Å². The molecule has 0 aliphatic heterocycles. The van der Waals surface area contributed by atoms with E-state index < -0.39 is 11.9 Å². The van der Waals surface area contributed by atoms with E-state index in [1.807, 2.05) is 24.3 Å². The lowest BCUT2D eigenvalue weighted by Crippen LogP contribution is -2.37. The minimum absolute atomic E-state index is 0.146. The molecule has 2 fully saturated rings. The van der Waals surface area contributed by atoms with Crippen molar-refractivity contribution in [3.8, 4) is 0 Å². The average molecular weight is 338 g/mol. The molecule has 2 N–H and O–H groups in total. The van der Waals surface area contributed by atoms with Crippen molar-refractivity contribution in [2.45, 2.75) is 19.3 Å². The van der Waals surface area contributed by atoms with Crippen LogP contribution in [0.15, 0.2) is 28.7 Å². The molecular formula is C15H16BrNO3. The second-order valence-corrected chi connectivity index (χ2v) is 6.63. The molecule has 106 valence electrons. The van der Waals surface area contributed by atoms with Gasteiger partial charge in [-0.25, -0.2) is 0 Å². The zero-order chi connectivity index (χ0) is 14.3. The van der Waals surface area contributed by atoms with E-state index in [9.17, 15) is 14.7 Å². The third-order valence-corrected chi connectivity index (χ3v) is 5.14. The standard InChI is InChI=1S/C15H16BrNO3/c16-10-3-5-11(6-4-10)17-14(18)12-8-1-2-9(7-8)13(12)15(19)20/h3-6,8-9,12-13H,1-2,7H2,(H,17,18)(H,19,20)/t8-,9-,12+,13+/m0/s1. The Morgan fingerprint density at radius 1 is 1.10 bits per heavy atom. The number of fused-ring (bicyclic) bond motifs is 2. The SMILES string of the molecule is O=C(O)[C@@H]1[C@H]2CC[C@@H](C2)[C@H]1C(=O)Nc1ccc(Br)cc1. The summed E-state index contributed by atoms with van der Waals surface area (Å²) in [5, 5.41) is 12.2. The summed E-state index contributed by atoms with van der Waals surface area (Å²) in [6, 6.07) is 7.33. The molecule has 3 rings (SSSR count). The van der Waals surface area contributed by atoms with Gasteiger partial charge in [0.25, 0.3) is 0 Å². The highest BCUT2D eigenvalue weighted by atomic mass is 79.9. The first-order valence-corrected chi connectivity index (χ1v) is 7.65. The van der Waals surface area contributed by atoms with Crippen molar-refractivity contribution in [1.82, 2.24) is 0 Å². The predicted molar refractivity (Wildman–Crippen MR) is 78.2 cm³/mol. The molecule has 0 spiro atoms. The van der Waals surface area contributed by atoms with Gasteiger partial charge in [0.15, 0.2) is 0 Å². The van der Waals surface area contributed by atoms with E-state index in [-0.39, 0.29) is 23.7 Å². The van der Waals surface area contributed by atoms with Crippen LogP contribution in [0.5, 0.6) is 0 Å². The Morgan fingerprint density at radius 3 is 2.30 bits per heavy atom. The number of carbonyl (C=O) groups excluding carboxylic acids is 1. The van der Waals surface area contributed by atoms with Gasteiger partial charge in [0.2, 0.25) is 5.91 Å². The van der Waals surface area contributed by atoms with Crippen LogP contribution < -0.4 is 5.32 Å². The lowest BCUT2D eigenvalue weighted by atomic mass is 9.78. The number of benzene rings is 1. The molecule has 2 aliphatic carbocycles. The molecule has 1 aromatic rings. The summed E-state index contributed by atoms with van der Waals surface area (Å²) in [6.07, 6.45) is 2.81. The summed E-state index contributed by atoms with van der Waals surface area (Å²) in [4.78, 5) is 23.8. The number of nitrogens with one attached hydrogen (secondary N) is 1. The quantitative estimate of drug-likeness (QED) is 0.890. The number of carbonyl (C=O) groups is 2. The third kappa shape index (κ3) is 2.35. The largest absolute Gasteiger partial charge is 0.481 e. The van der Waals surface area contributed by atoms with Gasteiger partial charge in [0, 0.05) is 10.2 Å². The van der Waals surface area contributed by atoms with Crippen LogP contribution in [-0.2, 0) is 9.59 Å².